The van der Waals surface area contributed by atoms with Crippen LogP contribution < -0.4 is 5.73 Å². The van der Waals surface area contributed by atoms with Gasteiger partial charge in [-0.1, -0.05) is 20.8 Å². The first-order valence-corrected chi connectivity index (χ1v) is 5.05. The van der Waals surface area contributed by atoms with Crippen molar-refractivity contribution in [2.24, 2.45) is 11.1 Å². The van der Waals surface area contributed by atoms with Crippen LogP contribution in [0.3, 0.4) is 0 Å². The number of amides is 1. The number of rotatable bonds is 5. The lowest BCUT2D eigenvalue weighted by Gasteiger charge is -2.29. The van der Waals surface area contributed by atoms with Crippen LogP contribution >= 0.6 is 0 Å². The Morgan fingerprint density at radius 2 is 1.71 bits per heavy atom. The van der Waals surface area contributed by atoms with Crippen molar-refractivity contribution in [2.45, 2.75) is 53.1 Å². The smallest absolute Gasteiger partial charge is 0.217 e. The van der Waals surface area contributed by atoms with E-state index in [4.69, 9.17) is 10.5 Å². The number of carbonyl (C=O) groups is 1. The molecule has 2 N–H and O–H groups in total. The van der Waals surface area contributed by atoms with Gasteiger partial charge in [-0.15, -0.1) is 0 Å². The van der Waals surface area contributed by atoms with Crippen LogP contribution in [-0.2, 0) is 9.53 Å². The van der Waals surface area contributed by atoms with E-state index in [-0.39, 0.29) is 16.9 Å². The molecule has 0 saturated heterocycles. The van der Waals surface area contributed by atoms with Gasteiger partial charge < -0.3 is 10.5 Å². The van der Waals surface area contributed by atoms with E-state index in [0.717, 1.165) is 0 Å². The molecular formula is C11H23NO2. The molecule has 0 aliphatic heterocycles. The van der Waals surface area contributed by atoms with Crippen molar-refractivity contribution >= 4 is 5.91 Å². The molecule has 3 nitrogen and oxygen atoms in total. The fourth-order valence-corrected chi connectivity index (χ4v) is 0.908. The molecule has 0 unspecified atom stereocenters. The molecule has 0 bridgehead atoms. The predicted octanol–water partition coefficient (Wildman–Crippen LogP) is 2.09. The summed E-state index contributed by atoms with van der Waals surface area (Å²) in [4.78, 5) is 10.6. The molecular weight excluding hydrogens is 178 g/mol. The van der Waals surface area contributed by atoms with Gasteiger partial charge in [0.05, 0.1) is 12.2 Å². The number of primary amides is 1. The van der Waals surface area contributed by atoms with Gasteiger partial charge in [0.1, 0.15) is 0 Å². The molecule has 1 amide bonds. The second-order valence-electron chi connectivity index (χ2n) is 5.58. The van der Waals surface area contributed by atoms with Crippen LogP contribution in [-0.4, -0.2) is 18.1 Å². The van der Waals surface area contributed by atoms with Crippen LogP contribution in [0.2, 0.25) is 0 Å². The standard InChI is InChI=1S/C11H23NO2/c1-10(2,3)8-14-11(4,5)7-6-9(12)13/h6-8H2,1-5H3,(H2,12,13). The van der Waals surface area contributed by atoms with Gasteiger partial charge in [-0.25, -0.2) is 0 Å². The summed E-state index contributed by atoms with van der Waals surface area (Å²) in [5.41, 5.74) is 4.98. The number of nitrogens with two attached hydrogens (primary N) is 1. The summed E-state index contributed by atoms with van der Waals surface area (Å²) >= 11 is 0. The highest BCUT2D eigenvalue weighted by Crippen LogP contribution is 2.22. The number of hydrogen-bond donors (Lipinski definition) is 1. The van der Waals surface area contributed by atoms with E-state index in [1.165, 1.54) is 0 Å². The highest BCUT2D eigenvalue weighted by Gasteiger charge is 2.22. The Balaban J connectivity index is 3.89. The summed E-state index contributed by atoms with van der Waals surface area (Å²) in [6, 6.07) is 0. The lowest BCUT2D eigenvalue weighted by molar-refractivity contribution is -0.120. The molecule has 14 heavy (non-hydrogen) atoms. The van der Waals surface area contributed by atoms with Crippen molar-refractivity contribution in [3.8, 4) is 0 Å². The Kier molecular flexibility index (Phi) is 4.59. The van der Waals surface area contributed by atoms with Gasteiger partial charge in [0.15, 0.2) is 0 Å². The van der Waals surface area contributed by atoms with Crippen molar-refractivity contribution in [3.05, 3.63) is 0 Å². The fourth-order valence-electron chi connectivity index (χ4n) is 0.908. The van der Waals surface area contributed by atoms with Gasteiger partial charge in [0.25, 0.3) is 0 Å². The van der Waals surface area contributed by atoms with Gasteiger partial charge in [-0.2, -0.15) is 0 Å². The van der Waals surface area contributed by atoms with Crippen molar-refractivity contribution < 1.29 is 9.53 Å². The van der Waals surface area contributed by atoms with Gasteiger partial charge in [0.2, 0.25) is 5.91 Å². The van der Waals surface area contributed by atoms with E-state index in [1.807, 2.05) is 13.8 Å². The molecule has 0 aromatic rings. The van der Waals surface area contributed by atoms with Crippen LogP contribution in [0.1, 0.15) is 47.5 Å². The van der Waals surface area contributed by atoms with Crippen molar-refractivity contribution in [3.63, 3.8) is 0 Å². The highest BCUT2D eigenvalue weighted by atomic mass is 16.5. The molecule has 0 aliphatic rings. The van der Waals surface area contributed by atoms with E-state index in [0.29, 0.717) is 19.4 Å². The van der Waals surface area contributed by atoms with Crippen LogP contribution in [0.25, 0.3) is 0 Å². The number of carbonyl (C=O) groups excluding carboxylic acids is 1. The SMILES string of the molecule is CC(C)(C)COC(C)(C)CCC(N)=O. The van der Waals surface area contributed by atoms with Crippen LogP contribution in [0.5, 0.6) is 0 Å². The van der Waals surface area contributed by atoms with Gasteiger partial charge in [-0.3, -0.25) is 4.79 Å². The van der Waals surface area contributed by atoms with Crippen LogP contribution in [0, 0.1) is 5.41 Å². The lowest BCUT2D eigenvalue weighted by Crippen LogP contribution is -2.31. The second kappa shape index (κ2) is 4.78. The average molecular weight is 201 g/mol. The molecule has 3 heteroatoms. The summed E-state index contributed by atoms with van der Waals surface area (Å²) in [5, 5.41) is 0. The Hall–Kier alpha value is -0.570. The fraction of sp³-hybridized carbons (Fsp3) is 0.909. The predicted molar refractivity (Wildman–Crippen MR) is 57.9 cm³/mol. The first kappa shape index (κ1) is 13.4. The summed E-state index contributed by atoms with van der Waals surface area (Å²) in [6.45, 7) is 11.0. The molecule has 0 spiro atoms. The van der Waals surface area contributed by atoms with Crippen LogP contribution in [0.4, 0.5) is 0 Å². The minimum atomic E-state index is -0.266. The van der Waals surface area contributed by atoms with Crippen molar-refractivity contribution in [1.82, 2.24) is 0 Å². The number of hydrogen-bond acceptors (Lipinski definition) is 2. The Labute approximate surface area is 87.0 Å². The molecule has 0 aromatic carbocycles. The summed E-state index contributed by atoms with van der Waals surface area (Å²) in [7, 11) is 0. The third-order valence-corrected chi connectivity index (χ3v) is 1.87. The second-order valence-corrected chi connectivity index (χ2v) is 5.58. The maximum atomic E-state index is 10.6. The molecule has 0 rings (SSSR count). The molecule has 0 atom stereocenters. The van der Waals surface area contributed by atoms with E-state index in [2.05, 4.69) is 20.8 Å². The first-order chi connectivity index (χ1) is 6.12. The molecule has 0 saturated carbocycles. The van der Waals surface area contributed by atoms with Gasteiger partial charge in [-0.05, 0) is 25.7 Å². The summed E-state index contributed by atoms with van der Waals surface area (Å²) < 4.78 is 5.74. The van der Waals surface area contributed by atoms with E-state index < -0.39 is 0 Å². The maximum Gasteiger partial charge on any atom is 0.217 e. The Bertz CT molecular complexity index is 192. The van der Waals surface area contributed by atoms with Gasteiger partial charge >= 0.3 is 0 Å². The molecule has 0 aromatic heterocycles. The third-order valence-electron chi connectivity index (χ3n) is 1.87. The molecule has 0 fully saturated rings. The topological polar surface area (TPSA) is 52.3 Å². The monoisotopic (exact) mass is 201 g/mol. The maximum absolute atomic E-state index is 10.6. The minimum Gasteiger partial charge on any atom is -0.375 e. The Morgan fingerprint density at radius 3 is 2.07 bits per heavy atom. The average Bonchev–Trinajstić information content (AvgIpc) is 1.97. The third kappa shape index (κ3) is 8.05. The Morgan fingerprint density at radius 1 is 1.21 bits per heavy atom. The lowest BCUT2D eigenvalue weighted by atomic mass is 9.97. The summed E-state index contributed by atoms with van der Waals surface area (Å²) in [5.74, 6) is -0.266. The van der Waals surface area contributed by atoms with E-state index >= 15 is 0 Å². The van der Waals surface area contributed by atoms with Crippen LogP contribution in [0.15, 0.2) is 0 Å². The summed E-state index contributed by atoms with van der Waals surface area (Å²) in [6.07, 6.45) is 1.07. The molecule has 0 heterocycles. The van der Waals surface area contributed by atoms with Crippen molar-refractivity contribution in [2.75, 3.05) is 6.61 Å². The van der Waals surface area contributed by atoms with E-state index in [9.17, 15) is 4.79 Å². The normalized spacial score (nSPS) is 12.9. The zero-order valence-electron chi connectivity index (χ0n) is 10.0. The zero-order valence-corrected chi connectivity index (χ0v) is 10.0. The molecule has 0 radical (unpaired) electrons. The highest BCUT2D eigenvalue weighted by molar-refractivity contribution is 5.73. The van der Waals surface area contributed by atoms with E-state index in [1.54, 1.807) is 0 Å². The largest absolute Gasteiger partial charge is 0.375 e. The number of ether oxygens (including phenoxy) is 1. The first-order valence-electron chi connectivity index (χ1n) is 5.05. The van der Waals surface area contributed by atoms with Crippen molar-refractivity contribution in [1.29, 1.82) is 0 Å². The molecule has 84 valence electrons. The molecule has 0 aliphatic carbocycles. The quantitative estimate of drug-likeness (QED) is 0.740. The van der Waals surface area contributed by atoms with Gasteiger partial charge in [0, 0.05) is 6.42 Å². The minimum absolute atomic E-state index is 0.157. The zero-order chi connectivity index (χ0) is 11.4.